The van der Waals surface area contributed by atoms with Crippen molar-refractivity contribution in [3.63, 3.8) is 0 Å². The van der Waals surface area contributed by atoms with Crippen LogP contribution < -0.4 is 9.64 Å². The summed E-state index contributed by atoms with van der Waals surface area (Å²) in [4.78, 5) is 24.3. The molecule has 0 aromatic heterocycles. The van der Waals surface area contributed by atoms with Crippen LogP contribution in [0, 0.1) is 16.0 Å². The lowest BCUT2D eigenvalue weighted by molar-refractivity contribution is -0.384. The average Bonchev–Trinajstić information content (AvgIpc) is 2.53. The van der Waals surface area contributed by atoms with Gasteiger partial charge in [0.1, 0.15) is 11.4 Å². The SMILES string of the molecule is COC(=O)C1CCCN(c2ccc(OC)cc2[N+](=O)[O-])C1. The molecule has 0 amide bonds. The summed E-state index contributed by atoms with van der Waals surface area (Å²) in [6.45, 7) is 1.11. The second kappa shape index (κ2) is 6.43. The zero-order valence-electron chi connectivity index (χ0n) is 12.1. The van der Waals surface area contributed by atoms with Gasteiger partial charge in [-0.25, -0.2) is 0 Å². The largest absolute Gasteiger partial charge is 0.496 e. The minimum absolute atomic E-state index is 0.0140. The molecule has 0 N–H and O–H groups in total. The first-order valence-corrected chi connectivity index (χ1v) is 6.72. The van der Waals surface area contributed by atoms with Crippen molar-refractivity contribution in [3.8, 4) is 5.75 Å². The predicted octanol–water partition coefficient (Wildman–Crippen LogP) is 1.99. The van der Waals surface area contributed by atoms with Crippen LogP contribution in [0.3, 0.4) is 0 Å². The number of nitro groups is 1. The van der Waals surface area contributed by atoms with Crippen LogP contribution in [0.15, 0.2) is 18.2 Å². The maximum absolute atomic E-state index is 11.7. The van der Waals surface area contributed by atoms with Gasteiger partial charge >= 0.3 is 5.97 Å². The van der Waals surface area contributed by atoms with E-state index >= 15 is 0 Å². The highest BCUT2D eigenvalue weighted by Gasteiger charge is 2.30. The van der Waals surface area contributed by atoms with E-state index in [0.717, 1.165) is 12.8 Å². The number of methoxy groups -OCH3 is 2. The second-order valence-corrected chi connectivity index (χ2v) is 4.92. The Bertz CT molecular complexity index is 546. The van der Waals surface area contributed by atoms with Crippen molar-refractivity contribution >= 4 is 17.3 Å². The number of nitrogens with zero attached hydrogens (tertiary/aromatic N) is 2. The van der Waals surface area contributed by atoms with Gasteiger partial charge in [-0.3, -0.25) is 14.9 Å². The van der Waals surface area contributed by atoms with Crippen molar-refractivity contribution in [2.24, 2.45) is 5.92 Å². The summed E-state index contributed by atoms with van der Waals surface area (Å²) in [5.41, 5.74) is 0.495. The molecule has 114 valence electrons. The van der Waals surface area contributed by atoms with E-state index in [0.29, 0.717) is 24.5 Å². The van der Waals surface area contributed by atoms with Gasteiger partial charge in [0.25, 0.3) is 5.69 Å². The first kappa shape index (κ1) is 15.1. The lowest BCUT2D eigenvalue weighted by Gasteiger charge is -2.32. The van der Waals surface area contributed by atoms with Crippen molar-refractivity contribution in [2.75, 3.05) is 32.2 Å². The number of anilines is 1. The minimum Gasteiger partial charge on any atom is -0.496 e. The van der Waals surface area contributed by atoms with Crippen LogP contribution >= 0.6 is 0 Å². The zero-order chi connectivity index (χ0) is 15.4. The number of ether oxygens (including phenoxy) is 2. The topological polar surface area (TPSA) is 81.9 Å². The molecule has 1 fully saturated rings. The van der Waals surface area contributed by atoms with Gasteiger partial charge < -0.3 is 14.4 Å². The molecule has 1 aromatic carbocycles. The molecule has 7 heteroatoms. The number of rotatable bonds is 4. The van der Waals surface area contributed by atoms with Crippen LogP contribution in [0.5, 0.6) is 5.75 Å². The fraction of sp³-hybridized carbons (Fsp3) is 0.500. The summed E-state index contributed by atoms with van der Waals surface area (Å²) in [7, 11) is 2.82. The van der Waals surface area contributed by atoms with Crippen LogP contribution in [0.1, 0.15) is 12.8 Å². The Morgan fingerprint density at radius 2 is 2.19 bits per heavy atom. The third-order valence-corrected chi connectivity index (χ3v) is 3.68. The highest BCUT2D eigenvalue weighted by Crippen LogP contribution is 2.34. The smallest absolute Gasteiger partial charge is 0.310 e. The molecule has 0 aliphatic carbocycles. The number of benzene rings is 1. The normalized spacial score (nSPS) is 18.2. The van der Waals surface area contributed by atoms with Crippen molar-refractivity contribution in [2.45, 2.75) is 12.8 Å². The maximum Gasteiger partial charge on any atom is 0.310 e. The Hall–Kier alpha value is -2.31. The molecule has 2 rings (SSSR count). The zero-order valence-corrected chi connectivity index (χ0v) is 12.1. The van der Waals surface area contributed by atoms with Crippen LogP contribution in [0.2, 0.25) is 0 Å². The quantitative estimate of drug-likeness (QED) is 0.480. The molecule has 1 atom stereocenters. The number of hydrogen-bond donors (Lipinski definition) is 0. The van der Waals surface area contributed by atoms with Gasteiger partial charge in [0, 0.05) is 13.1 Å². The highest BCUT2D eigenvalue weighted by molar-refractivity contribution is 5.74. The fourth-order valence-corrected chi connectivity index (χ4v) is 2.60. The molecule has 1 saturated heterocycles. The number of carbonyl (C=O) groups excluding carboxylic acids is 1. The summed E-state index contributed by atoms with van der Waals surface area (Å²) in [6, 6.07) is 4.75. The third kappa shape index (κ3) is 3.24. The summed E-state index contributed by atoms with van der Waals surface area (Å²) in [5.74, 6) is -0.0757. The van der Waals surface area contributed by atoms with Crippen LogP contribution in [0.25, 0.3) is 0 Å². The molecule has 1 heterocycles. The lowest BCUT2D eigenvalue weighted by Crippen LogP contribution is -2.39. The molecule has 0 bridgehead atoms. The first-order valence-electron chi connectivity index (χ1n) is 6.72. The standard InChI is InChI=1S/C14H18N2O5/c1-20-11-5-6-12(13(8-11)16(18)19)15-7-3-4-10(9-15)14(17)21-2/h5-6,8,10H,3-4,7,9H2,1-2H3. The summed E-state index contributed by atoms with van der Waals surface area (Å²) < 4.78 is 9.80. The van der Waals surface area contributed by atoms with Crippen LogP contribution in [-0.2, 0) is 9.53 Å². The number of piperidine rings is 1. The third-order valence-electron chi connectivity index (χ3n) is 3.68. The van der Waals surface area contributed by atoms with E-state index in [1.54, 1.807) is 12.1 Å². The van der Waals surface area contributed by atoms with Crippen molar-refractivity contribution in [1.29, 1.82) is 0 Å². The fourth-order valence-electron chi connectivity index (χ4n) is 2.60. The Morgan fingerprint density at radius 1 is 1.43 bits per heavy atom. The average molecular weight is 294 g/mol. The Kier molecular flexibility index (Phi) is 4.62. The van der Waals surface area contributed by atoms with Gasteiger partial charge in [0.05, 0.1) is 31.1 Å². The van der Waals surface area contributed by atoms with Gasteiger partial charge in [0.15, 0.2) is 0 Å². The van der Waals surface area contributed by atoms with Crippen molar-refractivity contribution in [1.82, 2.24) is 0 Å². The molecule has 1 aliphatic rings. The number of nitro benzene ring substituents is 1. The highest BCUT2D eigenvalue weighted by atomic mass is 16.6. The molecule has 1 aromatic rings. The number of hydrogen-bond acceptors (Lipinski definition) is 6. The first-order chi connectivity index (χ1) is 10.1. The lowest BCUT2D eigenvalue weighted by atomic mass is 9.97. The second-order valence-electron chi connectivity index (χ2n) is 4.92. The molecule has 0 spiro atoms. The molecule has 7 nitrogen and oxygen atoms in total. The molecule has 0 radical (unpaired) electrons. The van der Waals surface area contributed by atoms with Gasteiger partial charge in [-0.05, 0) is 25.0 Å². The minimum atomic E-state index is -0.431. The van der Waals surface area contributed by atoms with Crippen molar-refractivity contribution < 1.29 is 19.2 Å². The number of carbonyl (C=O) groups is 1. The van der Waals surface area contributed by atoms with Gasteiger partial charge in [-0.2, -0.15) is 0 Å². The van der Waals surface area contributed by atoms with Crippen LogP contribution in [-0.4, -0.2) is 38.2 Å². The van der Waals surface area contributed by atoms with Crippen LogP contribution in [0.4, 0.5) is 11.4 Å². The molecular weight excluding hydrogens is 276 g/mol. The summed E-state index contributed by atoms with van der Waals surface area (Å²) in [6.07, 6.45) is 1.54. The van der Waals surface area contributed by atoms with E-state index in [4.69, 9.17) is 9.47 Å². The van der Waals surface area contributed by atoms with E-state index in [-0.39, 0.29) is 17.6 Å². The molecular formula is C14H18N2O5. The Labute approximate surface area is 122 Å². The Morgan fingerprint density at radius 3 is 2.81 bits per heavy atom. The van der Waals surface area contributed by atoms with E-state index < -0.39 is 4.92 Å². The van der Waals surface area contributed by atoms with Gasteiger partial charge in [0.2, 0.25) is 0 Å². The molecule has 21 heavy (non-hydrogen) atoms. The maximum atomic E-state index is 11.7. The van der Waals surface area contributed by atoms with E-state index in [1.165, 1.54) is 20.3 Å². The molecule has 1 aliphatic heterocycles. The Balaban J connectivity index is 2.28. The van der Waals surface area contributed by atoms with E-state index in [2.05, 4.69) is 0 Å². The molecule has 1 unspecified atom stereocenters. The van der Waals surface area contributed by atoms with Gasteiger partial charge in [-0.1, -0.05) is 0 Å². The monoisotopic (exact) mass is 294 g/mol. The summed E-state index contributed by atoms with van der Waals surface area (Å²) in [5, 5.41) is 11.2. The van der Waals surface area contributed by atoms with E-state index in [9.17, 15) is 14.9 Å². The van der Waals surface area contributed by atoms with Crippen molar-refractivity contribution in [3.05, 3.63) is 28.3 Å². The van der Waals surface area contributed by atoms with Gasteiger partial charge in [-0.15, -0.1) is 0 Å². The predicted molar refractivity (Wildman–Crippen MR) is 76.6 cm³/mol. The number of esters is 1. The van der Waals surface area contributed by atoms with E-state index in [1.807, 2.05) is 4.90 Å². The molecule has 0 saturated carbocycles. The summed E-state index contributed by atoms with van der Waals surface area (Å²) >= 11 is 0.